The molecule has 0 aliphatic heterocycles. The second-order valence-electron chi connectivity index (χ2n) is 5.17. The smallest absolute Gasteiger partial charge is 0.338 e. The molecular formula is C18H20O7. The van der Waals surface area contributed by atoms with Gasteiger partial charge in [-0.25, -0.2) is 9.59 Å². The summed E-state index contributed by atoms with van der Waals surface area (Å²) in [6.45, 7) is 9.91. The third kappa shape index (κ3) is 5.37. The van der Waals surface area contributed by atoms with Crippen LogP contribution in [0.3, 0.4) is 0 Å². The molecule has 0 unspecified atom stereocenters. The van der Waals surface area contributed by atoms with Crippen LogP contribution in [0.1, 0.15) is 24.2 Å². The maximum absolute atomic E-state index is 12.4. The zero-order valence-corrected chi connectivity index (χ0v) is 14.6. The Kier molecular flexibility index (Phi) is 7.22. The van der Waals surface area contributed by atoms with E-state index in [9.17, 15) is 14.4 Å². The van der Waals surface area contributed by atoms with E-state index >= 15 is 0 Å². The van der Waals surface area contributed by atoms with Crippen molar-refractivity contribution in [1.29, 1.82) is 0 Å². The molecular weight excluding hydrogens is 328 g/mol. The minimum Gasteiger partial charge on any atom is -0.423 e. The van der Waals surface area contributed by atoms with Crippen LogP contribution in [0.2, 0.25) is 0 Å². The van der Waals surface area contributed by atoms with Crippen LogP contribution in [0.4, 0.5) is 0 Å². The van der Waals surface area contributed by atoms with Crippen molar-refractivity contribution in [3.63, 3.8) is 0 Å². The summed E-state index contributed by atoms with van der Waals surface area (Å²) in [6, 6.07) is 3.97. The molecule has 0 aromatic heterocycles. The van der Waals surface area contributed by atoms with Gasteiger partial charge in [-0.05, 0) is 26.0 Å². The maximum atomic E-state index is 12.4. The second-order valence-corrected chi connectivity index (χ2v) is 5.17. The molecule has 134 valence electrons. The number of ether oxygens (including phenoxy) is 4. The van der Waals surface area contributed by atoms with Gasteiger partial charge in [0.05, 0.1) is 5.56 Å². The molecule has 7 heteroatoms. The summed E-state index contributed by atoms with van der Waals surface area (Å²) in [5, 5.41) is 0. The number of hydrogen-bond acceptors (Lipinski definition) is 7. The molecule has 1 aromatic rings. The van der Waals surface area contributed by atoms with Crippen LogP contribution in [-0.4, -0.2) is 38.2 Å². The molecule has 0 aliphatic rings. The van der Waals surface area contributed by atoms with Crippen LogP contribution in [0, 0.1) is 0 Å². The number of rotatable bonds is 8. The summed E-state index contributed by atoms with van der Waals surface area (Å²) in [6.07, 6.45) is -1.17. The molecule has 0 atom stereocenters. The van der Waals surface area contributed by atoms with Gasteiger partial charge >= 0.3 is 11.9 Å². The van der Waals surface area contributed by atoms with Crippen molar-refractivity contribution in [3.8, 4) is 11.5 Å². The molecule has 7 nitrogen and oxygen atoms in total. The van der Waals surface area contributed by atoms with Gasteiger partial charge in [0.1, 0.15) is 11.5 Å². The Hall–Kier alpha value is -2.77. The second kappa shape index (κ2) is 8.91. The zero-order chi connectivity index (χ0) is 19.1. The van der Waals surface area contributed by atoms with Gasteiger partial charge in [0.15, 0.2) is 0 Å². The van der Waals surface area contributed by atoms with E-state index in [-0.39, 0.29) is 28.2 Å². The molecule has 0 saturated heterocycles. The third-order valence-corrected chi connectivity index (χ3v) is 2.97. The first-order valence-corrected chi connectivity index (χ1v) is 7.20. The number of hydrogen-bond donors (Lipinski definition) is 0. The fourth-order valence-corrected chi connectivity index (χ4v) is 1.67. The number of methoxy groups -OCH3 is 2. The highest BCUT2D eigenvalue weighted by atomic mass is 16.7. The van der Waals surface area contributed by atoms with Crippen LogP contribution < -0.4 is 9.47 Å². The van der Waals surface area contributed by atoms with Crippen LogP contribution in [0.25, 0.3) is 0 Å². The van der Waals surface area contributed by atoms with Gasteiger partial charge in [0.25, 0.3) is 0 Å². The Bertz CT molecular complexity index is 714. The highest BCUT2D eigenvalue weighted by Crippen LogP contribution is 2.28. The molecule has 0 fully saturated rings. The largest absolute Gasteiger partial charge is 0.423 e. The lowest BCUT2D eigenvalue weighted by atomic mass is 10.1. The molecule has 1 aromatic carbocycles. The summed E-state index contributed by atoms with van der Waals surface area (Å²) in [5.74, 6) is -1.97. The van der Waals surface area contributed by atoms with E-state index in [1.54, 1.807) is 0 Å². The first-order valence-electron chi connectivity index (χ1n) is 7.20. The fraction of sp³-hybridized carbons (Fsp3) is 0.278. The number of ketones is 1. The van der Waals surface area contributed by atoms with E-state index in [4.69, 9.17) is 18.9 Å². The number of carbonyl (C=O) groups excluding carboxylic acids is 3. The fourth-order valence-electron chi connectivity index (χ4n) is 1.67. The SMILES string of the molecule is C=C(C)C(=O)Oc1ccc(C(=O)C(OC)OC)c(OC(=O)C(=C)C)c1. The quantitative estimate of drug-likeness (QED) is 0.234. The summed E-state index contributed by atoms with van der Waals surface area (Å²) < 4.78 is 20.1. The standard InChI is InChI=1S/C18H20O7/c1-10(2)16(20)24-12-7-8-13(15(19)18(22-5)23-6)14(9-12)25-17(21)11(3)4/h7-9,18H,1,3H2,2,4-6H3. The predicted molar refractivity (Wildman–Crippen MR) is 89.5 cm³/mol. The minimum absolute atomic E-state index is 0.0263. The average Bonchev–Trinajstić information content (AvgIpc) is 2.55. The summed E-state index contributed by atoms with van der Waals surface area (Å²) in [4.78, 5) is 35.9. The minimum atomic E-state index is -1.17. The average molecular weight is 348 g/mol. The summed E-state index contributed by atoms with van der Waals surface area (Å²) >= 11 is 0. The van der Waals surface area contributed by atoms with Crippen LogP contribution in [-0.2, 0) is 19.1 Å². The van der Waals surface area contributed by atoms with Gasteiger partial charge in [-0.2, -0.15) is 0 Å². The van der Waals surface area contributed by atoms with E-state index < -0.39 is 24.0 Å². The van der Waals surface area contributed by atoms with Crippen molar-refractivity contribution in [2.75, 3.05) is 14.2 Å². The van der Waals surface area contributed by atoms with E-state index in [2.05, 4.69) is 13.2 Å². The lowest BCUT2D eigenvalue weighted by molar-refractivity contribution is -0.130. The van der Waals surface area contributed by atoms with Gasteiger partial charge in [0.2, 0.25) is 12.1 Å². The molecule has 0 spiro atoms. The van der Waals surface area contributed by atoms with Crippen LogP contribution in [0.15, 0.2) is 42.5 Å². The van der Waals surface area contributed by atoms with Crippen molar-refractivity contribution < 1.29 is 33.3 Å². The van der Waals surface area contributed by atoms with Crippen LogP contribution in [0.5, 0.6) is 11.5 Å². The van der Waals surface area contributed by atoms with E-state index in [1.807, 2.05) is 0 Å². The monoisotopic (exact) mass is 348 g/mol. The zero-order valence-electron chi connectivity index (χ0n) is 14.6. The highest BCUT2D eigenvalue weighted by Gasteiger charge is 2.25. The molecule has 1 rings (SSSR count). The lowest BCUT2D eigenvalue weighted by Gasteiger charge is -2.15. The Morgan fingerprint density at radius 2 is 1.44 bits per heavy atom. The summed E-state index contributed by atoms with van der Waals surface area (Å²) in [7, 11) is 2.60. The van der Waals surface area contributed by atoms with Crippen molar-refractivity contribution >= 4 is 17.7 Å². The normalized spacial score (nSPS) is 10.3. The Morgan fingerprint density at radius 1 is 0.920 bits per heavy atom. The predicted octanol–water partition coefficient (Wildman–Crippen LogP) is 2.45. The number of esters is 2. The summed E-state index contributed by atoms with van der Waals surface area (Å²) in [5.41, 5.74) is 0.357. The van der Waals surface area contributed by atoms with Gasteiger partial charge in [-0.1, -0.05) is 13.2 Å². The Morgan fingerprint density at radius 3 is 1.92 bits per heavy atom. The van der Waals surface area contributed by atoms with Crippen LogP contribution >= 0.6 is 0 Å². The van der Waals surface area contributed by atoms with Crippen molar-refractivity contribution in [1.82, 2.24) is 0 Å². The van der Waals surface area contributed by atoms with Gasteiger partial charge in [0, 0.05) is 31.4 Å². The highest BCUT2D eigenvalue weighted by molar-refractivity contribution is 6.02. The Labute approximate surface area is 145 Å². The molecule has 0 aliphatic carbocycles. The molecule has 0 bridgehead atoms. The van der Waals surface area contributed by atoms with Gasteiger partial charge < -0.3 is 18.9 Å². The molecule has 0 radical (unpaired) electrons. The van der Waals surface area contributed by atoms with Gasteiger partial charge in [-0.3, -0.25) is 4.79 Å². The number of Topliss-reactive ketones (excluding diaryl/α,β-unsaturated/α-hetero) is 1. The van der Waals surface area contributed by atoms with Gasteiger partial charge in [-0.15, -0.1) is 0 Å². The Balaban J connectivity index is 3.28. The molecule has 0 amide bonds. The van der Waals surface area contributed by atoms with E-state index in [0.29, 0.717) is 0 Å². The lowest BCUT2D eigenvalue weighted by Crippen LogP contribution is -2.26. The van der Waals surface area contributed by atoms with Crippen molar-refractivity contribution in [2.45, 2.75) is 20.1 Å². The van der Waals surface area contributed by atoms with Crippen molar-refractivity contribution in [3.05, 3.63) is 48.1 Å². The topological polar surface area (TPSA) is 88.1 Å². The first-order chi connectivity index (χ1) is 11.7. The van der Waals surface area contributed by atoms with E-state index in [1.165, 1.54) is 46.3 Å². The van der Waals surface area contributed by atoms with E-state index in [0.717, 1.165) is 0 Å². The third-order valence-electron chi connectivity index (χ3n) is 2.97. The molecule has 0 heterocycles. The number of benzene rings is 1. The molecule has 25 heavy (non-hydrogen) atoms. The number of carbonyl (C=O) groups is 3. The molecule has 0 saturated carbocycles. The first kappa shape index (κ1) is 20.3. The maximum Gasteiger partial charge on any atom is 0.338 e. The van der Waals surface area contributed by atoms with Crippen molar-refractivity contribution in [2.24, 2.45) is 0 Å². The molecule has 0 N–H and O–H groups in total.